The Bertz CT molecular complexity index is 656. The minimum atomic E-state index is -0.380. The Balaban J connectivity index is 2.24. The van der Waals surface area contributed by atoms with E-state index in [0.717, 1.165) is 10.0 Å². The molecule has 4 nitrogen and oxygen atoms in total. The fourth-order valence-corrected chi connectivity index (χ4v) is 2.33. The molecule has 0 saturated heterocycles. The van der Waals surface area contributed by atoms with Crippen molar-refractivity contribution < 1.29 is 14.6 Å². The number of anilines is 1. The average molecular weight is 336 g/mol. The van der Waals surface area contributed by atoms with Gasteiger partial charge in [-0.25, -0.2) is 0 Å². The molecule has 0 aliphatic heterocycles. The molecule has 0 unspecified atom stereocenters. The number of rotatable bonds is 3. The molecule has 5 heteroatoms. The predicted octanol–water partition coefficient (Wildman–Crippen LogP) is 3.72. The lowest BCUT2D eigenvalue weighted by molar-refractivity contribution is 0.102. The number of hydrogen-bond donors (Lipinski definition) is 2. The van der Waals surface area contributed by atoms with Gasteiger partial charge in [0.1, 0.15) is 11.5 Å². The van der Waals surface area contributed by atoms with Crippen LogP contribution in [0.3, 0.4) is 0 Å². The van der Waals surface area contributed by atoms with Gasteiger partial charge in [0.15, 0.2) is 0 Å². The molecule has 0 saturated carbocycles. The first-order chi connectivity index (χ1) is 9.51. The van der Waals surface area contributed by atoms with Gasteiger partial charge >= 0.3 is 0 Å². The summed E-state index contributed by atoms with van der Waals surface area (Å²) in [5.74, 6) is -0.00430. The number of phenolic OH excluding ortho intramolecular Hbond substituents is 1. The second-order valence-electron chi connectivity index (χ2n) is 4.32. The van der Waals surface area contributed by atoms with Crippen molar-refractivity contribution in [3.63, 3.8) is 0 Å². The summed E-state index contributed by atoms with van der Waals surface area (Å²) >= 11 is 3.39. The summed E-state index contributed by atoms with van der Waals surface area (Å²) in [6.45, 7) is 1.96. The summed E-state index contributed by atoms with van der Waals surface area (Å²) in [6.07, 6.45) is 0. The Hall–Kier alpha value is -2.01. The number of ether oxygens (including phenoxy) is 1. The normalized spacial score (nSPS) is 10.2. The SMILES string of the molecule is COc1ccc(C(=O)Nc2ccc(C)cc2Br)c(O)c1. The monoisotopic (exact) mass is 335 g/mol. The van der Waals surface area contributed by atoms with Crippen LogP contribution in [0.4, 0.5) is 5.69 Å². The first kappa shape index (κ1) is 14.4. The molecule has 0 aliphatic rings. The van der Waals surface area contributed by atoms with Crippen molar-refractivity contribution in [2.24, 2.45) is 0 Å². The van der Waals surface area contributed by atoms with E-state index in [1.807, 2.05) is 19.1 Å². The van der Waals surface area contributed by atoms with Gasteiger partial charge in [0, 0.05) is 10.5 Å². The molecule has 0 bridgehead atoms. The summed E-state index contributed by atoms with van der Waals surface area (Å²) < 4.78 is 5.77. The number of amides is 1. The maximum atomic E-state index is 12.1. The second-order valence-corrected chi connectivity index (χ2v) is 5.17. The van der Waals surface area contributed by atoms with E-state index in [1.165, 1.54) is 19.2 Å². The van der Waals surface area contributed by atoms with E-state index in [4.69, 9.17) is 4.74 Å². The molecule has 104 valence electrons. The first-order valence-electron chi connectivity index (χ1n) is 5.96. The van der Waals surface area contributed by atoms with Gasteiger partial charge in [0.2, 0.25) is 0 Å². The zero-order valence-electron chi connectivity index (χ0n) is 11.1. The Morgan fingerprint density at radius 3 is 2.60 bits per heavy atom. The molecule has 2 N–H and O–H groups in total. The van der Waals surface area contributed by atoms with Gasteiger partial charge in [-0.2, -0.15) is 0 Å². The standard InChI is InChI=1S/C15H14BrNO3/c1-9-3-6-13(12(16)7-9)17-15(19)11-5-4-10(20-2)8-14(11)18/h3-8,18H,1-2H3,(H,17,19). The largest absolute Gasteiger partial charge is 0.507 e. The van der Waals surface area contributed by atoms with Gasteiger partial charge < -0.3 is 15.2 Å². The minimum absolute atomic E-state index is 0.120. The van der Waals surface area contributed by atoms with Crippen molar-refractivity contribution in [1.82, 2.24) is 0 Å². The molecule has 0 aromatic heterocycles. The number of methoxy groups -OCH3 is 1. The number of phenols is 1. The van der Waals surface area contributed by atoms with Crippen LogP contribution in [0.15, 0.2) is 40.9 Å². The molecule has 2 rings (SSSR count). The van der Waals surface area contributed by atoms with Crippen molar-refractivity contribution in [2.45, 2.75) is 6.92 Å². The molecule has 0 radical (unpaired) electrons. The quantitative estimate of drug-likeness (QED) is 0.898. The second kappa shape index (κ2) is 5.96. The predicted molar refractivity (Wildman–Crippen MR) is 81.5 cm³/mol. The van der Waals surface area contributed by atoms with Gasteiger partial charge in [0.05, 0.1) is 18.4 Å². The molecule has 20 heavy (non-hydrogen) atoms. The number of nitrogens with one attached hydrogen (secondary N) is 1. The highest BCUT2D eigenvalue weighted by molar-refractivity contribution is 9.10. The average Bonchev–Trinajstić information content (AvgIpc) is 2.41. The summed E-state index contributed by atoms with van der Waals surface area (Å²) in [7, 11) is 1.50. The van der Waals surface area contributed by atoms with Crippen LogP contribution in [0.2, 0.25) is 0 Å². The van der Waals surface area contributed by atoms with Crippen molar-refractivity contribution >= 4 is 27.5 Å². The molecule has 0 heterocycles. The number of carbonyl (C=O) groups excluding carboxylic acids is 1. The zero-order chi connectivity index (χ0) is 14.7. The van der Waals surface area contributed by atoms with Crippen LogP contribution in [-0.2, 0) is 0 Å². The van der Waals surface area contributed by atoms with Crippen LogP contribution in [0.5, 0.6) is 11.5 Å². The Morgan fingerprint density at radius 1 is 1.25 bits per heavy atom. The van der Waals surface area contributed by atoms with Gasteiger partial charge in [-0.3, -0.25) is 4.79 Å². The van der Waals surface area contributed by atoms with Crippen molar-refractivity contribution in [1.29, 1.82) is 0 Å². The van der Waals surface area contributed by atoms with E-state index in [2.05, 4.69) is 21.2 Å². The third-order valence-electron chi connectivity index (χ3n) is 2.82. The molecule has 1 amide bonds. The summed E-state index contributed by atoms with van der Waals surface area (Å²) in [5, 5.41) is 12.6. The molecule has 0 fully saturated rings. The number of aryl methyl sites for hydroxylation is 1. The van der Waals surface area contributed by atoms with E-state index in [9.17, 15) is 9.90 Å². The van der Waals surface area contributed by atoms with Crippen LogP contribution < -0.4 is 10.1 Å². The van der Waals surface area contributed by atoms with E-state index >= 15 is 0 Å². The maximum Gasteiger partial charge on any atom is 0.259 e. The molecule has 0 aliphatic carbocycles. The van der Waals surface area contributed by atoms with Crippen molar-refractivity contribution in [3.05, 3.63) is 52.0 Å². The smallest absolute Gasteiger partial charge is 0.259 e. The van der Waals surface area contributed by atoms with E-state index in [-0.39, 0.29) is 17.2 Å². The van der Waals surface area contributed by atoms with Gasteiger partial charge in [-0.15, -0.1) is 0 Å². The molecule has 0 spiro atoms. The molecule has 0 atom stereocenters. The lowest BCUT2D eigenvalue weighted by Gasteiger charge is -2.10. The molecule has 2 aromatic carbocycles. The summed E-state index contributed by atoms with van der Waals surface area (Å²) in [5.41, 5.74) is 1.93. The Labute approximate surface area is 125 Å². The first-order valence-corrected chi connectivity index (χ1v) is 6.75. The highest BCUT2D eigenvalue weighted by atomic mass is 79.9. The number of aromatic hydroxyl groups is 1. The summed E-state index contributed by atoms with van der Waals surface area (Å²) in [4.78, 5) is 12.1. The zero-order valence-corrected chi connectivity index (χ0v) is 12.7. The van der Waals surface area contributed by atoms with Crippen LogP contribution in [0, 0.1) is 6.92 Å². The number of carbonyl (C=O) groups is 1. The van der Waals surface area contributed by atoms with Crippen LogP contribution in [0.25, 0.3) is 0 Å². The lowest BCUT2D eigenvalue weighted by atomic mass is 10.1. The lowest BCUT2D eigenvalue weighted by Crippen LogP contribution is -2.12. The van der Waals surface area contributed by atoms with Crippen LogP contribution >= 0.6 is 15.9 Å². The van der Waals surface area contributed by atoms with E-state index < -0.39 is 0 Å². The summed E-state index contributed by atoms with van der Waals surface area (Å²) in [6, 6.07) is 10.2. The van der Waals surface area contributed by atoms with Crippen molar-refractivity contribution in [3.8, 4) is 11.5 Å². The minimum Gasteiger partial charge on any atom is -0.507 e. The fraction of sp³-hybridized carbons (Fsp3) is 0.133. The fourth-order valence-electron chi connectivity index (χ4n) is 1.74. The van der Waals surface area contributed by atoms with Gasteiger partial charge in [0.25, 0.3) is 5.91 Å². The number of benzene rings is 2. The molecule has 2 aromatic rings. The number of hydrogen-bond acceptors (Lipinski definition) is 3. The Kier molecular flexibility index (Phi) is 4.29. The molecular weight excluding hydrogens is 322 g/mol. The van der Waals surface area contributed by atoms with Crippen molar-refractivity contribution in [2.75, 3.05) is 12.4 Å². The topological polar surface area (TPSA) is 58.6 Å². The van der Waals surface area contributed by atoms with E-state index in [1.54, 1.807) is 12.1 Å². The highest BCUT2D eigenvalue weighted by Crippen LogP contribution is 2.27. The Morgan fingerprint density at radius 2 is 2.00 bits per heavy atom. The highest BCUT2D eigenvalue weighted by Gasteiger charge is 2.13. The third-order valence-corrected chi connectivity index (χ3v) is 3.48. The van der Waals surface area contributed by atoms with E-state index in [0.29, 0.717) is 11.4 Å². The van der Waals surface area contributed by atoms with Crippen LogP contribution in [-0.4, -0.2) is 18.1 Å². The molecular formula is C15H14BrNO3. The maximum absolute atomic E-state index is 12.1. The van der Waals surface area contributed by atoms with Gasteiger partial charge in [-0.1, -0.05) is 6.07 Å². The van der Waals surface area contributed by atoms with Crippen LogP contribution in [0.1, 0.15) is 15.9 Å². The van der Waals surface area contributed by atoms with Gasteiger partial charge in [-0.05, 0) is 52.7 Å². The third kappa shape index (κ3) is 3.11. The number of halogens is 1.